The Kier molecular flexibility index (Phi) is 6.82. The van der Waals surface area contributed by atoms with Crippen LogP contribution in [-0.4, -0.2) is 18.0 Å². The highest BCUT2D eigenvalue weighted by Gasteiger charge is 2.29. The molecule has 3 aromatic carbocycles. The predicted octanol–water partition coefficient (Wildman–Crippen LogP) is 6.94. The van der Waals surface area contributed by atoms with Crippen molar-refractivity contribution < 1.29 is 9.59 Å². The predicted molar refractivity (Wildman–Crippen MR) is 142 cm³/mol. The Morgan fingerprint density at radius 2 is 1.74 bits per heavy atom. The smallest absolute Gasteiger partial charge is 0.319 e. The van der Waals surface area contributed by atoms with E-state index < -0.39 is 0 Å². The van der Waals surface area contributed by atoms with E-state index in [2.05, 4.69) is 24.5 Å². The van der Waals surface area contributed by atoms with Crippen molar-refractivity contribution in [2.45, 2.75) is 55.5 Å². The maximum absolute atomic E-state index is 13.7. The minimum absolute atomic E-state index is 0.0395. The first kappa shape index (κ1) is 23.5. The third-order valence-corrected chi connectivity index (χ3v) is 8.44. The molecule has 3 atom stereocenters. The molecule has 5 nitrogen and oxygen atoms in total. The molecule has 0 aromatic heterocycles. The molecule has 0 spiro atoms. The summed E-state index contributed by atoms with van der Waals surface area (Å²) in [5, 5.41) is 6.20. The van der Waals surface area contributed by atoms with Gasteiger partial charge in [-0.2, -0.15) is 0 Å². The Morgan fingerprint density at radius 3 is 2.57 bits per heavy atom. The van der Waals surface area contributed by atoms with Gasteiger partial charge < -0.3 is 15.5 Å². The van der Waals surface area contributed by atoms with Crippen molar-refractivity contribution in [3.05, 3.63) is 83.9 Å². The van der Waals surface area contributed by atoms with Crippen LogP contribution in [0.2, 0.25) is 0 Å². The molecule has 6 heteroatoms. The lowest BCUT2D eigenvalue weighted by atomic mass is 9.78. The van der Waals surface area contributed by atoms with Crippen molar-refractivity contribution in [2.24, 2.45) is 11.8 Å². The second-order valence-electron chi connectivity index (χ2n) is 9.63. The number of fused-ring (bicyclic) bond motifs is 2. The molecule has 2 aliphatic rings. The molecule has 180 valence electrons. The molecule has 0 unspecified atom stereocenters. The van der Waals surface area contributed by atoms with Gasteiger partial charge in [0, 0.05) is 21.5 Å². The van der Waals surface area contributed by atoms with E-state index in [1.807, 2.05) is 77.7 Å². The van der Waals surface area contributed by atoms with Crippen LogP contribution in [0, 0.1) is 11.8 Å². The topological polar surface area (TPSA) is 61.4 Å². The largest absolute Gasteiger partial charge is 0.335 e. The van der Waals surface area contributed by atoms with Gasteiger partial charge in [0.2, 0.25) is 0 Å². The molecule has 1 aliphatic heterocycles. The van der Waals surface area contributed by atoms with E-state index in [9.17, 15) is 9.59 Å². The van der Waals surface area contributed by atoms with Crippen molar-refractivity contribution >= 4 is 35.1 Å². The Labute approximate surface area is 211 Å². The third kappa shape index (κ3) is 5.08. The molecule has 1 aliphatic carbocycles. The summed E-state index contributed by atoms with van der Waals surface area (Å²) in [6.45, 7) is 4.94. The van der Waals surface area contributed by atoms with Crippen LogP contribution in [0.4, 0.5) is 16.2 Å². The lowest BCUT2D eigenvalue weighted by Gasteiger charge is -2.34. The van der Waals surface area contributed by atoms with E-state index in [1.165, 1.54) is 6.42 Å². The van der Waals surface area contributed by atoms with E-state index in [-0.39, 0.29) is 18.0 Å². The number of nitrogens with zero attached hydrogens (tertiary/aromatic N) is 1. The second-order valence-corrected chi connectivity index (χ2v) is 10.7. The number of benzene rings is 3. The molecule has 1 fully saturated rings. The van der Waals surface area contributed by atoms with E-state index in [4.69, 9.17) is 0 Å². The maximum Gasteiger partial charge on any atom is 0.319 e. The fourth-order valence-corrected chi connectivity index (χ4v) is 6.10. The highest BCUT2D eigenvalue weighted by Crippen LogP contribution is 2.43. The van der Waals surface area contributed by atoms with E-state index >= 15 is 0 Å². The molecule has 0 bridgehead atoms. The number of hydrogen-bond acceptors (Lipinski definition) is 3. The van der Waals surface area contributed by atoms with Gasteiger partial charge in [0.05, 0.1) is 17.8 Å². The molecule has 3 amide bonds. The fraction of sp³-hybridized carbons (Fsp3) is 0.310. The number of carbonyl (C=O) groups excluding carboxylic acids is 2. The van der Waals surface area contributed by atoms with Gasteiger partial charge in [-0.25, -0.2) is 4.79 Å². The number of amides is 3. The molecule has 2 N–H and O–H groups in total. The maximum atomic E-state index is 13.7. The minimum Gasteiger partial charge on any atom is -0.335 e. The van der Waals surface area contributed by atoms with Crippen LogP contribution in [0.25, 0.3) is 0 Å². The van der Waals surface area contributed by atoms with Gasteiger partial charge in [-0.1, -0.05) is 80.9 Å². The van der Waals surface area contributed by atoms with Crippen LogP contribution in [0.15, 0.2) is 82.6 Å². The highest BCUT2D eigenvalue weighted by atomic mass is 32.2. The molecule has 1 saturated carbocycles. The van der Waals surface area contributed by atoms with Gasteiger partial charge in [0.1, 0.15) is 0 Å². The normalized spacial score (nSPS) is 21.5. The Hall–Kier alpha value is -3.25. The van der Waals surface area contributed by atoms with Crippen molar-refractivity contribution in [3.8, 4) is 0 Å². The number of anilines is 2. The average Bonchev–Trinajstić information content (AvgIpc) is 2.97. The number of carbonyl (C=O) groups is 2. The van der Waals surface area contributed by atoms with Gasteiger partial charge in [0.25, 0.3) is 5.91 Å². The number of urea groups is 1. The Morgan fingerprint density at radius 1 is 0.971 bits per heavy atom. The first-order valence-corrected chi connectivity index (χ1v) is 13.2. The standard InChI is InChI=1S/C29H31N3O2S/c1-19-9-8-13-24(20(19)2)31-29(34)30-22-15-16-27-25(17-22)32(18-21-10-4-3-5-11-21)28(33)23-12-6-7-14-26(23)35-27/h3-7,10-12,14-17,19-20,24H,8-9,13,18H2,1-2H3,(H2,30,31,34)/t19-,20-,24-/m1/s1. The SMILES string of the molecule is C[C@@H]1[C@H](C)CCC[C@H]1NC(=O)Nc1ccc2c(c1)N(Cc1ccccc1)C(=O)c1ccccc1S2. The van der Waals surface area contributed by atoms with E-state index in [0.29, 0.717) is 29.6 Å². The zero-order valence-electron chi connectivity index (χ0n) is 20.2. The summed E-state index contributed by atoms with van der Waals surface area (Å²) in [4.78, 5) is 30.3. The average molecular weight is 486 g/mol. The van der Waals surface area contributed by atoms with Crippen molar-refractivity contribution in [1.82, 2.24) is 5.32 Å². The molecule has 35 heavy (non-hydrogen) atoms. The van der Waals surface area contributed by atoms with Crippen LogP contribution < -0.4 is 15.5 Å². The quantitative estimate of drug-likeness (QED) is 0.421. The summed E-state index contributed by atoms with van der Waals surface area (Å²) >= 11 is 1.59. The summed E-state index contributed by atoms with van der Waals surface area (Å²) in [5.74, 6) is 1.02. The van der Waals surface area contributed by atoms with Crippen LogP contribution >= 0.6 is 11.8 Å². The zero-order valence-corrected chi connectivity index (χ0v) is 21.0. The van der Waals surface area contributed by atoms with Crippen LogP contribution in [-0.2, 0) is 6.54 Å². The first-order valence-electron chi connectivity index (χ1n) is 12.3. The van der Waals surface area contributed by atoms with Crippen LogP contribution in [0.5, 0.6) is 0 Å². The number of rotatable bonds is 4. The van der Waals surface area contributed by atoms with Gasteiger partial charge in [-0.15, -0.1) is 0 Å². The summed E-state index contributed by atoms with van der Waals surface area (Å²) in [7, 11) is 0. The molecular weight excluding hydrogens is 454 g/mol. The lowest BCUT2D eigenvalue weighted by molar-refractivity contribution is 0.0982. The third-order valence-electron chi connectivity index (χ3n) is 7.30. The lowest BCUT2D eigenvalue weighted by Crippen LogP contribution is -2.45. The molecule has 0 radical (unpaired) electrons. The van der Waals surface area contributed by atoms with E-state index in [1.54, 1.807) is 11.8 Å². The summed E-state index contributed by atoms with van der Waals surface area (Å²) in [5.41, 5.74) is 3.22. The molecule has 0 saturated heterocycles. The molecular formula is C29H31N3O2S. The van der Waals surface area contributed by atoms with Gasteiger partial charge in [-0.05, 0) is 54.2 Å². The van der Waals surface area contributed by atoms with Crippen molar-refractivity contribution in [1.29, 1.82) is 0 Å². The summed E-state index contributed by atoms with van der Waals surface area (Å²) in [6.07, 6.45) is 3.37. The Balaban J connectivity index is 1.43. The monoisotopic (exact) mass is 485 g/mol. The number of hydrogen-bond donors (Lipinski definition) is 2. The fourth-order valence-electron chi connectivity index (χ4n) is 5.04. The van der Waals surface area contributed by atoms with Crippen molar-refractivity contribution in [3.63, 3.8) is 0 Å². The van der Waals surface area contributed by atoms with Gasteiger partial charge in [-0.3, -0.25) is 4.79 Å². The van der Waals surface area contributed by atoms with Crippen LogP contribution in [0.3, 0.4) is 0 Å². The van der Waals surface area contributed by atoms with E-state index in [0.717, 1.165) is 33.9 Å². The molecule has 1 heterocycles. The Bertz CT molecular complexity index is 1230. The minimum atomic E-state index is -0.193. The van der Waals surface area contributed by atoms with Crippen molar-refractivity contribution in [2.75, 3.05) is 10.2 Å². The van der Waals surface area contributed by atoms with Crippen LogP contribution in [0.1, 0.15) is 49.0 Å². The second kappa shape index (κ2) is 10.2. The summed E-state index contributed by atoms with van der Waals surface area (Å²) in [6, 6.07) is 23.5. The molecule has 5 rings (SSSR count). The first-order chi connectivity index (χ1) is 17.0. The summed E-state index contributed by atoms with van der Waals surface area (Å²) < 4.78 is 0. The van der Waals surface area contributed by atoms with Gasteiger partial charge >= 0.3 is 6.03 Å². The molecule has 3 aromatic rings. The number of nitrogens with one attached hydrogen (secondary N) is 2. The zero-order chi connectivity index (χ0) is 24.4. The van der Waals surface area contributed by atoms with Gasteiger partial charge in [0.15, 0.2) is 0 Å². The highest BCUT2D eigenvalue weighted by molar-refractivity contribution is 7.99.